The average molecular weight is 314 g/mol. The molecule has 3 nitrogen and oxygen atoms in total. The summed E-state index contributed by atoms with van der Waals surface area (Å²) < 4.78 is 0. The lowest BCUT2D eigenvalue weighted by Crippen LogP contribution is -2.42. The van der Waals surface area contributed by atoms with Crippen LogP contribution in [0.4, 0.5) is 5.69 Å². The number of carbonyl (C=O) groups excluding carboxylic acids is 1. The van der Waals surface area contributed by atoms with E-state index < -0.39 is 0 Å². The van der Waals surface area contributed by atoms with Gasteiger partial charge in [0.15, 0.2) is 0 Å². The third-order valence-electron chi connectivity index (χ3n) is 4.11. The maximum absolute atomic E-state index is 12.3. The second kappa shape index (κ2) is 6.53. The van der Waals surface area contributed by atoms with Crippen molar-refractivity contribution in [1.29, 1.82) is 0 Å². The van der Waals surface area contributed by atoms with Gasteiger partial charge in [0.25, 0.3) is 5.91 Å². The second-order valence-electron chi connectivity index (χ2n) is 6.06. The minimum atomic E-state index is 0.180. The number of benzene rings is 1. The van der Waals surface area contributed by atoms with Crippen LogP contribution in [0.5, 0.6) is 0 Å². The van der Waals surface area contributed by atoms with E-state index in [0.717, 1.165) is 30.8 Å². The summed E-state index contributed by atoms with van der Waals surface area (Å²) >= 11 is 1.52. The summed E-state index contributed by atoms with van der Waals surface area (Å²) in [6.07, 6.45) is 2.01. The number of hydrogen-bond donors (Lipinski definition) is 1. The summed E-state index contributed by atoms with van der Waals surface area (Å²) in [5.74, 6) is 0.180. The van der Waals surface area contributed by atoms with Crippen LogP contribution in [0, 0.1) is 13.8 Å². The molecule has 1 amide bonds. The minimum absolute atomic E-state index is 0.180. The molecule has 0 aliphatic carbocycles. The van der Waals surface area contributed by atoms with Gasteiger partial charge in [0.2, 0.25) is 0 Å². The summed E-state index contributed by atoms with van der Waals surface area (Å²) in [6.45, 7) is 5.92. The highest BCUT2D eigenvalue weighted by molar-refractivity contribution is 7.12. The summed E-state index contributed by atoms with van der Waals surface area (Å²) in [6, 6.07) is 10.9. The number of piperidine rings is 1. The van der Waals surface area contributed by atoms with Crippen LogP contribution < -0.4 is 5.32 Å². The maximum atomic E-state index is 12.3. The first kappa shape index (κ1) is 15.1. The molecule has 0 radical (unpaired) electrons. The molecule has 0 unspecified atom stereocenters. The van der Waals surface area contributed by atoms with Crippen molar-refractivity contribution in [3.8, 4) is 0 Å². The summed E-state index contributed by atoms with van der Waals surface area (Å²) in [4.78, 5) is 15.2. The Bertz CT molecular complexity index is 623. The van der Waals surface area contributed by atoms with Gasteiger partial charge in [-0.25, -0.2) is 0 Å². The number of aryl methyl sites for hydroxylation is 2. The highest BCUT2D eigenvalue weighted by Crippen LogP contribution is 2.21. The van der Waals surface area contributed by atoms with Gasteiger partial charge in [-0.15, -0.1) is 11.3 Å². The lowest BCUT2D eigenvalue weighted by molar-refractivity contribution is 0.0723. The number of anilines is 1. The van der Waals surface area contributed by atoms with E-state index in [1.54, 1.807) is 0 Å². The fraction of sp³-hybridized carbons (Fsp3) is 0.389. The van der Waals surface area contributed by atoms with Crippen LogP contribution in [-0.2, 0) is 0 Å². The molecule has 1 aliphatic rings. The fourth-order valence-corrected chi connectivity index (χ4v) is 3.77. The summed E-state index contributed by atoms with van der Waals surface area (Å²) in [7, 11) is 0. The van der Waals surface area contributed by atoms with Crippen molar-refractivity contribution in [1.82, 2.24) is 4.90 Å². The molecule has 1 aromatic heterocycles. The van der Waals surface area contributed by atoms with E-state index in [4.69, 9.17) is 0 Å². The molecule has 4 heteroatoms. The van der Waals surface area contributed by atoms with Gasteiger partial charge in [0.1, 0.15) is 0 Å². The summed E-state index contributed by atoms with van der Waals surface area (Å²) in [5.41, 5.74) is 3.76. The normalized spacial score (nSPS) is 15.8. The number of thiophene rings is 1. The van der Waals surface area contributed by atoms with Gasteiger partial charge in [-0.3, -0.25) is 4.79 Å². The highest BCUT2D eigenvalue weighted by Gasteiger charge is 2.24. The van der Waals surface area contributed by atoms with Gasteiger partial charge >= 0.3 is 0 Å². The smallest absolute Gasteiger partial charge is 0.263 e. The molecule has 1 aromatic carbocycles. The zero-order chi connectivity index (χ0) is 15.5. The van der Waals surface area contributed by atoms with Crippen molar-refractivity contribution in [2.24, 2.45) is 0 Å². The largest absolute Gasteiger partial charge is 0.382 e. The Labute approximate surface area is 136 Å². The van der Waals surface area contributed by atoms with Crippen LogP contribution in [-0.4, -0.2) is 29.9 Å². The van der Waals surface area contributed by atoms with Gasteiger partial charge in [-0.05, 0) is 61.4 Å². The van der Waals surface area contributed by atoms with Crippen molar-refractivity contribution < 1.29 is 4.79 Å². The quantitative estimate of drug-likeness (QED) is 0.926. The van der Waals surface area contributed by atoms with E-state index in [1.807, 2.05) is 22.4 Å². The Hall–Kier alpha value is -1.81. The van der Waals surface area contributed by atoms with Gasteiger partial charge in [-0.1, -0.05) is 12.1 Å². The molecular formula is C18H22N2OS. The molecule has 0 spiro atoms. The van der Waals surface area contributed by atoms with Crippen molar-refractivity contribution in [2.45, 2.75) is 32.7 Å². The third kappa shape index (κ3) is 3.50. The highest BCUT2D eigenvalue weighted by atomic mass is 32.1. The number of carbonyl (C=O) groups is 1. The number of hydrogen-bond acceptors (Lipinski definition) is 3. The first-order chi connectivity index (χ1) is 10.6. The molecule has 2 heterocycles. The number of amides is 1. The molecule has 116 valence electrons. The fourth-order valence-electron chi connectivity index (χ4n) is 3.08. The standard InChI is InChI=1S/C18H22N2OS/c1-13-10-14(2)12-16(11-13)19-15-5-7-20(8-6-15)18(21)17-4-3-9-22-17/h3-4,9-12,15,19H,5-8H2,1-2H3. The van der Waals surface area contributed by atoms with Crippen LogP contribution in [0.15, 0.2) is 35.7 Å². The topological polar surface area (TPSA) is 32.3 Å². The molecule has 0 bridgehead atoms. The van der Waals surface area contributed by atoms with Crippen LogP contribution in [0.1, 0.15) is 33.6 Å². The Balaban J connectivity index is 1.56. The molecule has 1 fully saturated rings. The number of rotatable bonds is 3. The molecule has 1 aliphatic heterocycles. The number of likely N-dealkylation sites (tertiary alicyclic amines) is 1. The van der Waals surface area contributed by atoms with Gasteiger partial charge in [0.05, 0.1) is 4.88 Å². The van der Waals surface area contributed by atoms with E-state index >= 15 is 0 Å². The van der Waals surface area contributed by atoms with Gasteiger partial charge in [-0.2, -0.15) is 0 Å². The Morgan fingerprint density at radius 2 is 1.86 bits per heavy atom. The average Bonchev–Trinajstić information content (AvgIpc) is 3.00. The predicted molar refractivity (Wildman–Crippen MR) is 92.8 cm³/mol. The molecule has 0 atom stereocenters. The van der Waals surface area contributed by atoms with Gasteiger partial charge < -0.3 is 10.2 Å². The second-order valence-corrected chi connectivity index (χ2v) is 7.01. The first-order valence-corrected chi connectivity index (χ1v) is 8.67. The van der Waals surface area contributed by atoms with Crippen LogP contribution >= 0.6 is 11.3 Å². The molecule has 22 heavy (non-hydrogen) atoms. The lowest BCUT2D eigenvalue weighted by Gasteiger charge is -2.32. The molecular weight excluding hydrogens is 292 g/mol. The molecule has 0 saturated carbocycles. The number of nitrogens with zero attached hydrogens (tertiary/aromatic N) is 1. The van der Waals surface area contributed by atoms with E-state index in [2.05, 4.69) is 37.4 Å². The lowest BCUT2D eigenvalue weighted by atomic mass is 10.0. The van der Waals surface area contributed by atoms with Crippen molar-refractivity contribution >= 4 is 22.9 Å². The van der Waals surface area contributed by atoms with Crippen LogP contribution in [0.2, 0.25) is 0 Å². The first-order valence-electron chi connectivity index (χ1n) is 7.79. The Morgan fingerprint density at radius 3 is 2.45 bits per heavy atom. The molecule has 2 aromatic rings. The van der Waals surface area contributed by atoms with Crippen molar-refractivity contribution in [3.63, 3.8) is 0 Å². The Kier molecular flexibility index (Phi) is 4.48. The zero-order valence-electron chi connectivity index (χ0n) is 13.1. The number of nitrogens with one attached hydrogen (secondary N) is 1. The third-order valence-corrected chi connectivity index (χ3v) is 4.96. The molecule has 1 saturated heterocycles. The zero-order valence-corrected chi connectivity index (χ0v) is 14.0. The minimum Gasteiger partial charge on any atom is -0.382 e. The van der Waals surface area contributed by atoms with Crippen LogP contribution in [0.25, 0.3) is 0 Å². The van der Waals surface area contributed by atoms with Crippen molar-refractivity contribution in [2.75, 3.05) is 18.4 Å². The van der Waals surface area contributed by atoms with E-state index in [0.29, 0.717) is 6.04 Å². The van der Waals surface area contributed by atoms with E-state index in [9.17, 15) is 4.79 Å². The summed E-state index contributed by atoms with van der Waals surface area (Å²) in [5, 5.41) is 5.58. The van der Waals surface area contributed by atoms with Crippen molar-refractivity contribution in [3.05, 3.63) is 51.7 Å². The molecule has 3 rings (SSSR count). The Morgan fingerprint density at radius 1 is 1.18 bits per heavy atom. The maximum Gasteiger partial charge on any atom is 0.263 e. The monoisotopic (exact) mass is 314 g/mol. The predicted octanol–water partition coefficient (Wildman–Crippen LogP) is 4.08. The molecule has 1 N–H and O–H groups in total. The van der Waals surface area contributed by atoms with Gasteiger partial charge in [0, 0.05) is 24.8 Å². The van der Waals surface area contributed by atoms with E-state index in [1.165, 1.54) is 28.2 Å². The SMILES string of the molecule is Cc1cc(C)cc(NC2CCN(C(=O)c3cccs3)CC2)c1. The van der Waals surface area contributed by atoms with Crippen LogP contribution in [0.3, 0.4) is 0 Å². The van der Waals surface area contributed by atoms with E-state index in [-0.39, 0.29) is 5.91 Å².